The van der Waals surface area contributed by atoms with Crippen LogP contribution in [0.2, 0.25) is 18.1 Å². The Hall–Kier alpha value is -1.06. The van der Waals surface area contributed by atoms with E-state index in [1.165, 1.54) is 12.0 Å². The molecule has 3 aliphatic rings. The highest BCUT2D eigenvalue weighted by Gasteiger charge is 2.55. The van der Waals surface area contributed by atoms with Crippen LogP contribution in [-0.2, 0) is 4.43 Å². The molecule has 0 aromatic heterocycles. The fraction of sp³-hybridized carbons (Fsp3) is 0.667. The van der Waals surface area contributed by atoms with Crippen molar-refractivity contribution in [1.29, 1.82) is 0 Å². The topological polar surface area (TPSA) is 18.5 Å². The lowest BCUT2D eigenvalue weighted by molar-refractivity contribution is -0.0307. The fourth-order valence-electron chi connectivity index (χ4n) is 5.35. The van der Waals surface area contributed by atoms with Crippen molar-refractivity contribution >= 4 is 8.32 Å². The van der Waals surface area contributed by atoms with Crippen molar-refractivity contribution in [2.24, 2.45) is 23.7 Å². The molecule has 2 bridgehead atoms. The molecular weight excluding hydrogens is 348 g/mol. The van der Waals surface area contributed by atoms with Crippen LogP contribution in [0.1, 0.15) is 45.6 Å². The van der Waals surface area contributed by atoms with Crippen molar-refractivity contribution < 1.29 is 9.16 Å². The molecule has 148 valence electrons. The molecule has 2 saturated carbocycles. The van der Waals surface area contributed by atoms with Gasteiger partial charge in [-0.25, -0.2) is 0 Å². The standard InChI is InChI=1S/C24H36O2Si/c1-16-8-7-9-19(14-16)25-20-12-13-21(26-27(5,6)24(2,3)4)23-18-11-10-17(15-18)22(20)23/h7-11,14,17-18,20-23H,12-13,15H2,1-6H3/t17-,18+,20-,21-,22+,23-/m0/s1. The number of ether oxygens (including phenoxy) is 1. The third kappa shape index (κ3) is 3.53. The number of fused-ring (bicyclic) bond motifs is 5. The first-order chi connectivity index (χ1) is 12.7. The van der Waals surface area contributed by atoms with E-state index in [1.54, 1.807) is 0 Å². The van der Waals surface area contributed by atoms with Gasteiger partial charge in [0.05, 0.1) is 0 Å². The molecule has 0 amide bonds. The Morgan fingerprint density at radius 2 is 1.59 bits per heavy atom. The first kappa shape index (κ1) is 19.3. The summed E-state index contributed by atoms with van der Waals surface area (Å²) in [5.41, 5.74) is 1.27. The predicted octanol–water partition coefficient (Wildman–Crippen LogP) is 6.36. The second kappa shape index (κ2) is 6.77. The van der Waals surface area contributed by atoms with Crippen LogP contribution in [0.25, 0.3) is 0 Å². The third-order valence-electron chi connectivity index (χ3n) is 7.71. The molecule has 0 spiro atoms. The Labute approximate surface area is 166 Å². The van der Waals surface area contributed by atoms with Crippen LogP contribution >= 0.6 is 0 Å². The normalized spacial score (nSPS) is 35.3. The first-order valence-corrected chi connectivity index (χ1v) is 13.7. The Morgan fingerprint density at radius 1 is 0.963 bits per heavy atom. The predicted molar refractivity (Wildman–Crippen MR) is 115 cm³/mol. The smallest absolute Gasteiger partial charge is 0.192 e. The van der Waals surface area contributed by atoms with E-state index >= 15 is 0 Å². The van der Waals surface area contributed by atoms with Gasteiger partial charge in [0.25, 0.3) is 0 Å². The summed E-state index contributed by atoms with van der Waals surface area (Å²) >= 11 is 0. The van der Waals surface area contributed by atoms with E-state index in [1.807, 2.05) is 0 Å². The first-order valence-electron chi connectivity index (χ1n) is 10.8. The molecule has 3 aliphatic carbocycles. The third-order valence-corrected chi connectivity index (χ3v) is 12.2. The SMILES string of the molecule is Cc1cccc(O[C@H]2CC[C@H](O[Si](C)(C)C(C)(C)C)[C@H]3[C@@H]2[C@H]2C=C[C@@H]3C2)c1. The minimum atomic E-state index is -1.75. The van der Waals surface area contributed by atoms with Gasteiger partial charge in [-0.2, -0.15) is 0 Å². The van der Waals surface area contributed by atoms with Crippen molar-refractivity contribution in [2.45, 2.75) is 77.3 Å². The summed E-state index contributed by atoms with van der Waals surface area (Å²) in [6.45, 7) is 14.0. The maximum absolute atomic E-state index is 6.98. The van der Waals surface area contributed by atoms with Gasteiger partial charge in [0.2, 0.25) is 0 Å². The molecule has 6 atom stereocenters. The molecular formula is C24H36O2Si. The molecule has 0 saturated heterocycles. The maximum Gasteiger partial charge on any atom is 0.192 e. The highest BCUT2D eigenvalue weighted by atomic mass is 28.4. The summed E-state index contributed by atoms with van der Waals surface area (Å²) in [6.07, 6.45) is 9.24. The average molecular weight is 385 g/mol. The van der Waals surface area contributed by atoms with Crippen LogP contribution in [0, 0.1) is 30.6 Å². The van der Waals surface area contributed by atoms with E-state index in [9.17, 15) is 0 Å². The molecule has 0 aliphatic heterocycles. The Kier molecular flexibility index (Phi) is 4.83. The van der Waals surface area contributed by atoms with Gasteiger partial charge >= 0.3 is 0 Å². The van der Waals surface area contributed by atoms with Gasteiger partial charge in [-0.1, -0.05) is 45.1 Å². The number of rotatable bonds is 4. The lowest BCUT2D eigenvalue weighted by Crippen LogP contribution is -2.52. The van der Waals surface area contributed by atoms with Crippen LogP contribution in [-0.4, -0.2) is 20.5 Å². The molecule has 0 N–H and O–H groups in total. The van der Waals surface area contributed by atoms with Crippen molar-refractivity contribution in [2.75, 3.05) is 0 Å². The zero-order valence-electron chi connectivity index (χ0n) is 17.9. The molecule has 2 fully saturated rings. The van der Waals surface area contributed by atoms with Gasteiger partial charge in [-0.05, 0) is 79.8 Å². The molecule has 2 nitrogen and oxygen atoms in total. The average Bonchev–Trinajstić information content (AvgIpc) is 3.18. The zero-order chi connectivity index (χ0) is 19.4. The van der Waals surface area contributed by atoms with Gasteiger partial charge in [0.15, 0.2) is 8.32 Å². The van der Waals surface area contributed by atoms with E-state index in [-0.39, 0.29) is 5.04 Å². The molecule has 4 rings (SSSR count). The molecule has 1 aromatic carbocycles. The summed E-state index contributed by atoms with van der Waals surface area (Å²) in [4.78, 5) is 0. The maximum atomic E-state index is 6.98. The second-order valence-corrected chi connectivity index (χ2v) is 15.3. The van der Waals surface area contributed by atoms with Crippen molar-refractivity contribution in [3.63, 3.8) is 0 Å². The fourth-order valence-corrected chi connectivity index (χ4v) is 6.74. The van der Waals surface area contributed by atoms with Crippen LogP contribution in [0.5, 0.6) is 5.75 Å². The van der Waals surface area contributed by atoms with Crippen molar-refractivity contribution in [3.8, 4) is 5.75 Å². The summed E-state index contributed by atoms with van der Waals surface area (Å²) in [7, 11) is -1.75. The minimum Gasteiger partial charge on any atom is -0.490 e. The van der Waals surface area contributed by atoms with Gasteiger partial charge < -0.3 is 9.16 Å². The second-order valence-electron chi connectivity index (χ2n) is 10.6. The largest absolute Gasteiger partial charge is 0.490 e. The van der Waals surface area contributed by atoms with Crippen LogP contribution in [0.4, 0.5) is 0 Å². The van der Waals surface area contributed by atoms with E-state index in [0.717, 1.165) is 18.6 Å². The monoisotopic (exact) mass is 384 g/mol. The lowest BCUT2D eigenvalue weighted by Gasteiger charge is -2.48. The number of benzene rings is 1. The molecule has 1 aromatic rings. The van der Waals surface area contributed by atoms with Gasteiger partial charge in [0, 0.05) is 12.0 Å². The highest BCUT2D eigenvalue weighted by Crippen LogP contribution is 2.56. The van der Waals surface area contributed by atoms with Gasteiger partial charge in [-0.15, -0.1) is 0 Å². The molecule has 0 unspecified atom stereocenters. The highest BCUT2D eigenvalue weighted by molar-refractivity contribution is 6.74. The number of hydrogen-bond donors (Lipinski definition) is 0. The van der Waals surface area contributed by atoms with Crippen molar-refractivity contribution in [3.05, 3.63) is 42.0 Å². The lowest BCUT2D eigenvalue weighted by atomic mass is 9.70. The summed E-state index contributed by atoms with van der Waals surface area (Å²) in [6, 6.07) is 8.54. The molecule has 0 heterocycles. The van der Waals surface area contributed by atoms with E-state index < -0.39 is 8.32 Å². The summed E-state index contributed by atoms with van der Waals surface area (Å²) < 4.78 is 13.5. The number of aryl methyl sites for hydroxylation is 1. The van der Waals surface area contributed by atoms with E-state index in [0.29, 0.717) is 35.9 Å². The Balaban J connectivity index is 1.55. The van der Waals surface area contributed by atoms with Crippen LogP contribution in [0.3, 0.4) is 0 Å². The number of hydrogen-bond acceptors (Lipinski definition) is 2. The van der Waals surface area contributed by atoms with E-state index in [4.69, 9.17) is 9.16 Å². The van der Waals surface area contributed by atoms with Crippen LogP contribution < -0.4 is 4.74 Å². The number of allylic oxidation sites excluding steroid dienone is 2. The summed E-state index contributed by atoms with van der Waals surface area (Å²) in [5.74, 6) is 3.66. The van der Waals surface area contributed by atoms with E-state index in [2.05, 4.69) is 77.2 Å². The summed E-state index contributed by atoms with van der Waals surface area (Å²) in [5, 5.41) is 0.269. The van der Waals surface area contributed by atoms with Gasteiger partial charge in [0.1, 0.15) is 11.9 Å². The zero-order valence-corrected chi connectivity index (χ0v) is 18.9. The minimum absolute atomic E-state index is 0.269. The molecule has 3 heteroatoms. The van der Waals surface area contributed by atoms with Crippen LogP contribution in [0.15, 0.2) is 36.4 Å². The molecule has 27 heavy (non-hydrogen) atoms. The Bertz CT molecular complexity index is 717. The quantitative estimate of drug-likeness (QED) is 0.444. The Morgan fingerprint density at radius 3 is 2.22 bits per heavy atom. The van der Waals surface area contributed by atoms with Gasteiger partial charge in [-0.3, -0.25) is 0 Å². The van der Waals surface area contributed by atoms with Crippen molar-refractivity contribution in [1.82, 2.24) is 0 Å². The molecule has 0 radical (unpaired) electrons.